The predicted octanol–water partition coefficient (Wildman–Crippen LogP) is -23.2. The Morgan fingerprint density at radius 1 is 0.206 bits per heavy atom. The molecule has 55 atom stereocenters. The van der Waals surface area contributed by atoms with Gasteiger partial charge in [0.15, 0.2) is 69.2 Å². The Hall–Kier alpha value is -4.65. The van der Waals surface area contributed by atoms with Gasteiger partial charge < -0.3 is 274 Å². The maximum atomic E-state index is 13.4. The lowest BCUT2D eigenvalue weighted by Crippen LogP contribution is -2.71. The Labute approximate surface area is 770 Å². The second-order valence-corrected chi connectivity index (χ2v) is 34.5. The monoisotopic (exact) mass is 1990 g/mol. The van der Waals surface area contributed by atoms with E-state index in [0.29, 0.717) is 0 Å². The zero-order valence-electron chi connectivity index (χ0n) is 73.4. The molecule has 0 radical (unpaired) electrons. The fourth-order valence-electron chi connectivity index (χ4n) is 17.7. The van der Waals surface area contributed by atoms with Gasteiger partial charge in [0.25, 0.3) is 0 Å². The van der Waals surface area contributed by atoms with Crippen LogP contribution in [0.1, 0.15) is 41.5 Å². The van der Waals surface area contributed by atoms with E-state index in [0.717, 1.165) is 34.6 Å². The minimum atomic E-state index is -2.68. The van der Waals surface area contributed by atoms with Gasteiger partial charge in [-0.15, -0.1) is 0 Å². The maximum absolute atomic E-state index is 13.4. The number of hydrogen-bond donors (Lipinski definition) is 34. The molecule has 11 aliphatic heterocycles. The highest BCUT2D eigenvalue weighted by Gasteiger charge is 2.63. The number of aliphatic hydroxyl groups is 29. The minimum Gasteiger partial charge on any atom is -0.394 e. The van der Waals surface area contributed by atoms with Crippen molar-refractivity contribution in [1.29, 1.82) is 0 Å². The Morgan fingerprint density at radius 2 is 0.456 bits per heavy atom. The minimum absolute atomic E-state index is 0.822. The van der Waals surface area contributed by atoms with Crippen LogP contribution in [0.2, 0.25) is 0 Å². The third-order valence-electron chi connectivity index (χ3n) is 24.9. The fraction of sp³-hybridized carbons (Fsp3) is 0.934. The summed E-state index contributed by atoms with van der Waals surface area (Å²) in [6.07, 6.45) is -105. The molecule has 786 valence electrons. The molecule has 34 N–H and O–H groups in total. The Bertz CT molecular complexity index is 3760. The topological polar surface area (TPSA) is 926 Å². The molecule has 11 aliphatic rings. The number of carbonyl (C=O) groups excluding carboxylic acids is 5. The van der Waals surface area contributed by atoms with Crippen molar-refractivity contribution >= 4 is 29.5 Å². The van der Waals surface area contributed by atoms with Gasteiger partial charge in [0.05, 0.1) is 72.2 Å². The molecular formula is C76H127N5O55. The summed E-state index contributed by atoms with van der Waals surface area (Å²) < 4.78 is 125. The summed E-state index contributed by atoms with van der Waals surface area (Å²) in [5, 5.41) is 339. The number of carbonyl (C=O) groups is 5. The van der Waals surface area contributed by atoms with Crippen molar-refractivity contribution in [2.24, 2.45) is 0 Å². The van der Waals surface area contributed by atoms with Gasteiger partial charge in [-0.25, -0.2) is 0 Å². The Morgan fingerprint density at radius 3 is 0.860 bits per heavy atom. The third-order valence-corrected chi connectivity index (χ3v) is 24.9. The molecule has 0 aromatic rings. The third kappa shape index (κ3) is 24.8. The maximum Gasteiger partial charge on any atom is 0.217 e. The van der Waals surface area contributed by atoms with E-state index in [1.54, 1.807) is 0 Å². The summed E-state index contributed by atoms with van der Waals surface area (Å²) in [4.78, 5) is 64.6. The van der Waals surface area contributed by atoms with Crippen molar-refractivity contribution in [3.05, 3.63) is 0 Å². The van der Waals surface area contributed by atoms with Crippen molar-refractivity contribution in [3.63, 3.8) is 0 Å². The van der Waals surface area contributed by atoms with Crippen LogP contribution < -0.4 is 26.6 Å². The van der Waals surface area contributed by atoms with Crippen LogP contribution in [-0.4, -0.2) is 581 Å². The van der Waals surface area contributed by atoms with E-state index < -0.39 is 433 Å². The lowest BCUT2D eigenvalue weighted by atomic mass is 9.93. The SMILES string of the molecule is CC(=O)N[C@@H]1[C@@H](O)[C@H](O[C@@H]2O[C@H](CO)[C@@H](O[C@@H]3O[C@H](CO[C@H]4O[C@H](CO)[C@@H](O)[C@H](O)[C@@H]4O[C@@H]4O[C@H](CO)[C@@H](O[C@@H]5O[C@H](CO)[C@H](O)[C@H](O)[C@H]5NC(C)=O)[C@H](O)[C@H]4NC(C)=O)[C@@H](O)[C@H](O[C@H]4O[C@H](CO)[C@@H](O)[C@H](O)[C@@H]4O[C@@H]4O[C@H](CO)[C@@H](O[C@@H]5O[C@H](CO)[C@H](O)[C@H](O[C@H]6O[C@H](CO)[C@H](O)[C@H](O)[C@H]6O)[C@H]5O)[C@H](O)[C@H]4NC(C)=O)[C@@H]3O)[C@H](O)[C@H]2NC(C)=O)[C@@H](CO[C@@H]2O[C@@H](C)[C@@H](O)[C@@H](O)[C@@H]2O)O[C@H]1O. The second-order valence-electron chi connectivity index (χ2n) is 34.5. The zero-order chi connectivity index (χ0) is 100. The first-order valence-corrected chi connectivity index (χ1v) is 43.5. The van der Waals surface area contributed by atoms with Gasteiger partial charge in [0, 0.05) is 34.6 Å². The molecule has 60 nitrogen and oxygen atoms in total. The number of amides is 5. The molecule has 11 fully saturated rings. The summed E-state index contributed by atoms with van der Waals surface area (Å²) >= 11 is 0. The van der Waals surface area contributed by atoms with E-state index in [4.69, 9.17) is 99.5 Å². The standard InChI is InChI=1S/C76H127N5O55/c1-17-38(95)50(107)54(111)71(118-17)116-16-32-61(46(103)33(66(115)119-32)77-18(2)90)130-68-35(79-20(4)92)48(105)60(29(13-88)125-68)132-74-57(114)63(44(101)31(128-74)15-117-75-64(52(109)41(98)25(9-84)123-75)135-69-36(80-21(5)93)47(104)58(28(12-87)126-69)129-67-34(78-19(3)91)45(102)39(96)23(7-82)120-67)134-76-65(53(110)42(99)26(10-85)124-76)136-70-37(81-22(6)94)49(106)59(30(14-89)127-70)131-73-56(113)62(43(100)27(11-86)122-73)133-72-55(112)51(108)40(97)24(8-83)121-72/h17,23-76,82-89,95-115H,7-16H2,1-6H3,(H,77,90)(H,78,91)(H,79,92)(H,80,93)(H,81,94)/t17-,23+,24+,25+,26+,27+,28+,29+,30+,31+,32+,33+,34+,35+,36+,37+,38+,39-,40-,41+,42+,43-,44+,45+,46+,47+,48+,49+,50+,51-,52-,53-,54-,55+,56+,57-,58+,59+,60+,61+,62-,63-,64-,65-,66+,67-,68-,69-,70-,71+,72+,73-,74-,75-,76+/m0/s1. The molecule has 0 unspecified atom stereocenters. The highest BCUT2D eigenvalue weighted by molar-refractivity contribution is 5.75. The molecule has 11 rings (SSSR count). The number of rotatable bonds is 35. The average Bonchev–Trinajstić information content (AvgIpc) is 0.765. The first-order valence-electron chi connectivity index (χ1n) is 43.5. The molecule has 0 saturated carbocycles. The van der Waals surface area contributed by atoms with Crippen molar-refractivity contribution < 1.29 is 272 Å². The summed E-state index contributed by atoms with van der Waals surface area (Å²) in [5.41, 5.74) is 0. The smallest absolute Gasteiger partial charge is 0.217 e. The molecule has 11 saturated heterocycles. The quantitative estimate of drug-likeness (QED) is 0.0280. The van der Waals surface area contributed by atoms with Crippen molar-refractivity contribution in [2.75, 3.05) is 66.1 Å². The zero-order valence-corrected chi connectivity index (χ0v) is 73.4. The fourth-order valence-corrected chi connectivity index (χ4v) is 17.7. The highest BCUT2D eigenvalue weighted by Crippen LogP contribution is 2.42. The number of aliphatic hydroxyl groups excluding tert-OH is 29. The van der Waals surface area contributed by atoms with Gasteiger partial charge in [0.1, 0.15) is 262 Å². The summed E-state index contributed by atoms with van der Waals surface area (Å²) in [6, 6.07) is -9.58. The van der Waals surface area contributed by atoms with Crippen LogP contribution in [0.3, 0.4) is 0 Å². The summed E-state index contributed by atoms with van der Waals surface area (Å²) in [5.74, 6) is -4.70. The largest absolute Gasteiger partial charge is 0.394 e. The van der Waals surface area contributed by atoms with E-state index in [2.05, 4.69) is 26.6 Å². The van der Waals surface area contributed by atoms with Gasteiger partial charge >= 0.3 is 0 Å². The summed E-state index contributed by atoms with van der Waals surface area (Å²) in [6.45, 7) is -5.32. The van der Waals surface area contributed by atoms with Crippen molar-refractivity contribution in [2.45, 2.75) is 379 Å². The van der Waals surface area contributed by atoms with Crippen LogP contribution in [0.5, 0.6) is 0 Å². The van der Waals surface area contributed by atoms with Gasteiger partial charge in [0.2, 0.25) is 29.5 Å². The van der Waals surface area contributed by atoms with Crippen molar-refractivity contribution in [3.8, 4) is 0 Å². The molecule has 0 aromatic carbocycles. The molecule has 5 amide bonds. The van der Waals surface area contributed by atoms with E-state index >= 15 is 0 Å². The Balaban J connectivity index is 0.920. The van der Waals surface area contributed by atoms with Crippen LogP contribution in [0, 0.1) is 0 Å². The van der Waals surface area contributed by atoms with E-state index in [1.807, 2.05) is 0 Å². The lowest BCUT2D eigenvalue weighted by Gasteiger charge is -2.51. The van der Waals surface area contributed by atoms with Crippen LogP contribution in [0.15, 0.2) is 0 Å². The molecular weight excluding hydrogens is 1860 g/mol. The van der Waals surface area contributed by atoms with Gasteiger partial charge in [-0.1, -0.05) is 0 Å². The van der Waals surface area contributed by atoms with Crippen molar-refractivity contribution in [1.82, 2.24) is 26.6 Å². The van der Waals surface area contributed by atoms with Gasteiger partial charge in [-0.3, -0.25) is 24.0 Å². The van der Waals surface area contributed by atoms with Gasteiger partial charge in [-0.05, 0) is 6.92 Å². The lowest BCUT2D eigenvalue weighted by molar-refractivity contribution is -0.400. The van der Waals surface area contributed by atoms with Crippen LogP contribution in [0.25, 0.3) is 0 Å². The highest BCUT2D eigenvalue weighted by atomic mass is 16.8. The molecule has 0 aromatic heterocycles. The van der Waals surface area contributed by atoms with Gasteiger partial charge in [-0.2, -0.15) is 0 Å². The van der Waals surface area contributed by atoms with Crippen LogP contribution in [0.4, 0.5) is 0 Å². The second kappa shape index (κ2) is 48.8. The molecule has 0 aliphatic carbocycles. The van der Waals surface area contributed by atoms with E-state index in [9.17, 15) is 172 Å². The Kier molecular flexibility index (Phi) is 40.1. The van der Waals surface area contributed by atoms with Crippen LogP contribution >= 0.6 is 0 Å². The molecule has 0 bridgehead atoms. The normalized spacial score (nSPS) is 49.2. The van der Waals surface area contributed by atoms with E-state index in [1.165, 1.54) is 6.92 Å². The molecule has 60 heteroatoms. The molecule has 0 spiro atoms. The summed E-state index contributed by atoms with van der Waals surface area (Å²) in [7, 11) is 0. The predicted molar refractivity (Wildman–Crippen MR) is 419 cm³/mol. The first-order chi connectivity index (χ1) is 64.3. The molecule has 11 heterocycles. The number of hydrogen-bond acceptors (Lipinski definition) is 55. The molecule has 136 heavy (non-hydrogen) atoms. The first kappa shape index (κ1) is 112. The van der Waals surface area contributed by atoms with Crippen LogP contribution in [-0.2, 0) is 123 Å². The number of ether oxygens (including phenoxy) is 21. The average molecular weight is 1990 g/mol. The number of nitrogens with one attached hydrogen (secondary N) is 5. The van der Waals surface area contributed by atoms with E-state index in [-0.39, 0.29) is 0 Å².